The molecule has 3 rings (SSSR count). The molecule has 0 radical (unpaired) electrons. The number of carboxylic acids is 1. The van der Waals surface area contributed by atoms with Crippen LogP contribution in [-0.4, -0.2) is 11.1 Å². The first-order valence-corrected chi connectivity index (χ1v) is 7.27. The molecule has 0 spiro atoms. The molecule has 0 saturated carbocycles. The monoisotopic (exact) mass is 315 g/mol. The molecule has 0 saturated heterocycles. The van der Waals surface area contributed by atoms with Gasteiger partial charge in [-0.1, -0.05) is 42.5 Å². The standard InChI is InChI=1S/C20H13NO3/c21-13-17(20(22)23)11-14-5-8-18(9-6-14)24-19-10-7-15-3-1-2-4-16(15)12-19/h1-12H,(H,22,23). The molecule has 0 unspecified atom stereocenters. The quantitative estimate of drug-likeness (QED) is 0.563. The minimum atomic E-state index is -1.24. The van der Waals surface area contributed by atoms with Crippen LogP contribution in [0.2, 0.25) is 0 Å². The Hall–Kier alpha value is -3.58. The third-order valence-corrected chi connectivity index (χ3v) is 3.50. The molecule has 0 aliphatic heterocycles. The molecule has 0 heterocycles. The van der Waals surface area contributed by atoms with Gasteiger partial charge in [-0.2, -0.15) is 5.26 Å². The van der Waals surface area contributed by atoms with Gasteiger partial charge < -0.3 is 9.84 Å². The highest BCUT2D eigenvalue weighted by atomic mass is 16.5. The number of ether oxygens (including phenoxy) is 1. The summed E-state index contributed by atoms with van der Waals surface area (Å²) in [6.45, 7) is 0. The molecule has 0 bridgehead atoms. The lowest BCUT2D eigenvalue weighted by molar-refractivity contribution is -0.132. The fourth-order valence-corrected chi connectivity index (χ4v) is 2.31. The van der Waals surface area contributed by atoms with E-state index >= 15 is 0 Å². The van der Waals surface area contributed by atoms with Gasteiger partial charge in [0.1, 0.15) is 23.1 Å². The summed E-state index contributed by atoms with van der Waals surface area (Å²) in [7, 11) is 0. The number of nitriles is 1. The number of nitrogens with zero attached hydrogens (tertiary/aromatic N) is 1. The van der Waals surface area contributed by atoms with Crippen LogP contribution >= 0.6 is 0 Å². The van der Waals surface area contributed by atoms with Crippen LogP contribution in [0, 0.1) is 11.3 Å². The maximum absolute atomic E-state index is 10.8. The smallest absolute Gasteiger partial charge is 0.346 e. The average Bonchev–Trinajstić information content (AvgIpc) is 2.60. The minimum Gasteiger partial charge on any atom is -0.477 e. The molecule has 0 aliphatic carbocycles. The molecule has 116 valence electrons. The van der Waals surface area contributed by atoms with Gasteiger partial charge in [0.25, 0.3) is 0 Å². The van der Waals surface area contributed by atoms with E-state index in [0.29, 0.717) is 11.3 Å². The van der Waals surface area contributed by atoms with Gasteiger partial charge >= 0.3 is 5.97 Å². The molecule has 0 aliphatic rings. The Labute approximate surface area is 138 Å². The van der Waals surface area contributed by atoms with Crippen LogP contribution < -0.4 is 4.74 Å². The van der Waals surface area contributed by atoms with Gasteiger partial charge in [0, 0.05) is 0 Å². The van der Waals surface area contributed by atoms with Crippen LogP contribution in [-0.2, 0) is 4.79 Å². The van der Waals surface area contributed by atoms with E-state index in [1.54, 1.807) is 30.3 Å². The van der Waals surface area contributed by atoms with Crippen molar-refractivity contribution in [3.05, 3.63) is 77.9 Å². The first-order chi connectivity index (χ1) is 11.7. The van der Waals surface area contributed by atoms with Gasteiger partial charge in [-0.15, -0.1) is 0 Å². The summed E-state index contributed by atoms with van der Waals surface area (Å²) in [5.74, 6) is 0.116. The van der Waals surface area contributed by atoms with Crippen molar-refractivity contribution in [1.29, 1.82) is 5.26 Å². The predicted octanol–water partition coefficient (Wildman–Crippen LogP) is 4.62. The van der Waals surface area contributed by atoms with E-state index in [2.05, 4.69) is 0 Å². The van der Waals surface area contributed by atoms with E-state index < -0.39 is 5.97 Å². The van der Waals surface area contributed by atoms with Gasteiger partial charge in [-0.05, 0) is 46.7 Å². The summed E-state index contributed by atoms with van der Waals surface area (Å²) in [4.78, 5) is 10.8. The number of benzene rings is 3. The van der Waals surface area contributed by atoms with Crippen molar-refractivity contribution >= 4 is 22.8 Å². The second-order valence-electron chi connectivity index (χ2n) is 5.16. The van der Waals surface area contributed by atoms with E-state index in [4.69, 9.17) is 15.1 Å². The Morgan fingerprint density at radius 3 is 2.29 bits per heavy atom. The maximum Gasteiger partial charge on any atom is 0.346 e. The summed E-state index contributed by atoms with van der Waals surface area (Å²) in [6.07, 6.45) is 1.32. The zero-order chi connectivity index (χ0) is 16.9. The minimum absolute atomic E-state index is 0.307. The van der Waals surface area contributed by atoms with Crippen molar-refractivity contribution < 1.29 is 14.6 Å². The van der Waals surface area contributed by atoms with Crippen molar-refractivity contribution in [3.63, 3.8) is 0 Å². The van der Waals surface area contributed by atoms with E-state index in [0.717, 1.165) is 16.5 Å². The fourth-order valence-electron chi connectivity index (χ4n) is 2.31. The highest BCUT2D eigenvalue weighted by Gasteiger charge is 2.06. The largest absolute Gasteiger partial charge is 0.477 e. The number of hydrogen-bond donors (Lipinski definition) is 1. The normalized spacial score (nSPS) is 11.0. The molecule has 4 nitrogen and oxygen atoms in total. The molecule has 4 heteroatoms. The molecule has 0 fully saturated rings. The number of aliphatic carboxylic acids is 1. The second-order valence-corrected chi connectivity index (χ2v) is 5.16. The molecule has 3 aromatic carbocycles. The Kier molecular flexibility index (Phi) is 4.26. The summed E-state index contributed by atoms with van der Waals surface area (Å²) >= 11 is 0. The summed E-state index contributed by atoms with van der Waals surface area (Å²) in [5.41, 5.74) is 0.318. The van der Waals surface area contributed by atoms with Crippen LogP contribution in [0.5, 0.6) is 11.5 Å². The van der Waals surface area contributed by atoms with E-state index in [-0.39, 0.29) is 5.57 Å². The zero-order valence-corrected chi connectivity index (χ0v) is 12.6. The predicted molar refractivity (Wildman–Crippen MR) is 91.7 cm³/mol. The Bertz CT molecular complexity index is 966. The van der Waals surface area contributed by atoms with Crippen molar-refractivity contribution in [2.45, 2.75) is 0 Å². The summed E-state index contributed by atoms with van der Waals surface area (Å²) in [6, 6.07) is 22.4. The van der Waals surface area contributed by atoms with Crippen molar-refractivity contribution in [2.24, 2.45) is 0 Å². The number of carbonyl (C=O) groups is 1. The number of carboxylic acid groups (broad SMARTS) is 1. The van der Waals surface area contributed by atoms with Crippen LogP contribution in [0.1, 0.15) is 5.56 Å². The van der Waals surface area contributed by atoms with Crippen LogP contribution in [0.25, 0.3) is 16.8 Å². The molecule has 1 N–H and O–H groups in total. The number of rotatable bonds is 4. The second kappa shape index (κ2) is 6.67. The van der Waals surface area contributed by atoms with Gasteiger partial charge in [0.2, 0.25) is 0 Å². The highest BCUT2D eigenvalue weighted by Crippen LogP contribution is 2.26. The molecule has 0 aromatic heterocycles. The topological polar surface area (TPSA) is 70.3 Å². The summed E-state index contributed by atoms with van der Waals surface area (Å²) in [5, 5.41) is 19.9. The fraction of sp³-hybridized carbons (Fsp3) is 0. The van der Waals surface area contributed by atoms with Gasteiger partial charge in [0.15, 0.2) is 0 Å². The molecule has 0 atom stereocenters. The Morgan fingerprint density at radius 2 is 1.62 bits per heavy atom. The third-order valence-electron chi connectivity index (χ3n) is 3.50. The van der Waals surface area contributed by atoms with Crippen LogP contribution in [0.3, 0.4) is 0 Å². The zero-order valence-electron chi connectivity index (χ0n) is 12.6. The first kappa shape index (κ1) is 15.3. The number of hydrogen-bond acceptors (Lipinski definition) is 3. The van der Waals surface area contributed by atoms with Gasteiger partial charge in [-0.25, -0.2) is 4.79 Å². The van der Waals surface area contributed by atoms with Gasteiger partial charge in [0.05, 0.1) is 0 Å². The van der Waals surface area contributed by atoms with Crippen LogP contribution in [0.4, 0.5) is 0 Å². The molecular formula is C20H13NO3. The molecule has 24 heavy (non-hydrogen) atoms. The van der Waals surface area contributed by atoms with Crippen LogP contribution in [0.15, 0.2) is 72.3 Å². The van der Waals surface area contributed by atoms with Crippen molar-refractivity contribution in [3.8, 4) is 17.6 Å². The molecular weight excluding hydrogens is 302 g/mol. The SMILES string of the molecule is N#CC(=Cc1ccc(Oc2ccc3ccccc3c2)cc1)C(=O)O. The summed E-state index contributed by atoms with van der Waals surface area (Å²) < 4.78 is 5.82. The maximum atomic E-state index is 10.8. The van der Waals surface area contributed by atoms with E-state index in [9.17, 15) is 4.79 Å². The first-order valence-electron chi connectivity index (χ1n) is 7.27. The van der Waals surface area contributed by atoms with Crippen molar-refractivity contribution in [2.75, 3.05) is 0 Å². The highest BCUT2D eigenvalue weighted by molar-refractivity contribution is 5.96. The Morgan fingerprint density at radius 1 is 0.958 bits per heavy atom. The molecule has 0 amide bonds. The Balaban J connectivity index is 1.80. The van der Waals surface area contributed by atoms with Crippen molar-refractivity contribution in [1.82, 2.24) is 0 Å². The lowest BCUT2D eigenvalue weighted by Gasteiger charge is -2.07. The lowest BCUT2D eigenvalue weighted by atomic mass is 10.1. The van der Waals surface area contributed by atoms with E-state index in [1.165, 1.54) is 6.08 Å². The number of fused-ring (bicyclic) bond motifs is 1. The average molecular weight is 315 g/mol. The van der Waals surface area contributed by atoms with E-state index in [1.807, 2.05) is 42.5 Å². The third kappa shape index (κ3) is 3.42. The lowest BCUT2D eigenvalue weighted by Crippen LogP contribution is -1.97. The molecule has 3 aromatic rings. The van der Waals surface area contributed by atoms with Gasteiger partial charge in [-0.3, -0.25) is 0 Å².